The van der Waals surface area contributed by atoms with Crippen LogP contribution in [0.3, 0.4) is 0 Å². The molecule has 0 radical (unpaired) electrons. The van der Waals surface area contributed by atoms with Gasteiger partial charge in [-0.05, 0) is 68.0 Å². The number of halogens is 4. The molecule has 2 aliphatic rings. The van der Waals surface area contributed by atoms with E-state index in [1.54, 1.807) is 0 Å². The molecule has 37 heavy (non-hydrogen) atoms. The minimum Gasteiger partial charge on any atom is -0.348 e. The zero-order valence-corrected chi connectivity index (χ0v) is 21.4. The van der Waals surface area contributed by atoms with Crippen molar-refractivity contribution in [2.45, 2.75) is 55.1 Å². The van der Waals surface area contributed by atoms with E-state index in [1.807, 2.05) is 0 Å². The maximum atomic E-state index is 14.6. The molecule has 1 aromatic heterocycles. The Morgan fingerprint density at radius 2 is 1.84 bits per heavy atom. The van der Waals surface area contributed by atoms with Gasteiger partial charge in [-0.1, -0.05) is 6.07 Å². The van der Waals surface area contributed by atoms with Gasteiger partial charge in [-0.15, -0.1) is 23.2 Å². The van der Waals surface area contributed by atoms with Gasteiger partial charge in [0.1, 0.15) is 16.0 Å². The first-order chi connectivity index (χ1) is 17.6. The Morgan fingerprint density at radius 1 is 1.08 bits per heavy atom. The van der Waals surface area contributed by atoms with E-state index >= 15 is 0 Å². The Balaban J connectivity index is 1.30. The third-order valence-electron chi connectivity index (χ3n) is 7.33. The van der Waals surface area contributed by atoms with Crippen molar-refractivity contribution < 1.29 is 13.6 Å². The molecule has 0 bridgehead atoms. The zero-order chi connectivity index (χ0) is 26.3. The lowest BCUT2D eigenvalue weighted by molar-refractivity contribution is 0.0930. The first kappa shape index (κ1) is 25.9. The van der Waals surface area contributed by atoms with E-state index in [4.69, 9.17) is 23.2 Å². The lowest BCUT2D eigenvalue weighted by atomic mass is 9.93. The van der Waals surface area contributed by atoms with Gasteiger partial charge in [-0.2, -0.15) is 0 Å². The first-order valence-electron chi connectivity index (χ1n) is 12.2. The van der Waals surface area contributed by atoms with Gasteiger partial charge in [-0.25, -0.2) is 13.6 Å². The molecule has 1 amide bonds. The van der Waals surface area contributed by atoms with Crippen LogP contribution in [-0.2, 0) is 6.54 Å². The average molecular weight is 551 g/mol. The van der Waals surface area contributed by atoms with Crippen LogP contribution in [0.25, 0.3) is 10.9 Å². The van der Waals surface area contributed by atoms with Crippen LogP contribution in [0.15, 0.2) is 46.0 Å². The second-order valence-electron chi connectivity index (χ2n) is 9.86. The number of carbonyl (C=O) groups is 1. The molecule has 0 spiro atoms. The topological polar surface area (TPSA) is 87.2 Å². The molecule has 3 aromatic rings. The molecule has 11 heteroatoms. The van der Waals surface area contributed by atoms with Gasteiger partial charge in [0.15, 0.2) is 0 Å². The van der Waals surface area contributed by atoms with E-state index in [2.05, 4.69) is 15.2 Å². The molecule has 2 N–H and O–H groups in total. The molecule has 1 saturated heterocycles. The summed E-state index contributed by atoms with van der Waals surface area (Å²) in [6.07, 6.45) is 4.02. The number of nitrogens with zero attached hydrogens (tertiary/aromatic N) is 2. The summed E-state index contributed by atoms with van der Waals surface area (Å²) >= 11 is 12.5. The van der Waals surface area contributed by atoms with Crippen molar-refractivity contribution in [2.24, 2.45) is 0 Å². The summed E-state index contributed by atoms with van der Waals surface area (Å²) in [4.78, 5) is 42.1. The monoisotopic (exact) mass is 550 g/mol. The Hall–Kier alpha value is -2.75. The number of likely N-dealkylation sites (tertiary alicyclic amines) is 1. The quantitative estimate of drug-likeness (QED) is 0.471. The second-order valence-corrected chi connectivity index (χ2v) is 11.5. The number of benzene rings is 2. The highest BCUT2D eigenvalue weighted by Gasteiger charge is 2.36. The highest BCUT2D eigenvalue weighted by molar-refractivity contribution is 6.48. The fourth-order valence-corrected chi connectivity index (χ4v) is 5.78. The maximum absolute atomic E-state index is 14.6. The van der Waals surface area contributed by atoms with Gasteiger partial charge in [0.05, 0.1) is 23.0 Å². The van der Waals surface area contributed by atoms with Crippen molar-refractivity contribution >= 4 is 40.0 Å². The Bertz CT molecular complexity index is 1460. The number of hydrogen-bond acceptors (Lipinski definition) is 4. The van der Waals surface area contributed by atoms with Gasteiger partial charge in [0.2, 0.25) is 0 Å². The van der Waals surface area contributed by atoms with Crippen molar-refractivity contribution in [3.05, 3.63) is 80.0 Å². The van der Waals surface area contributed by atoms with E-state index in [0.717, 1.165) is 50.8 Å². The van der Waals surface area contributed by atoms with Gasteiger partial charge in [0.25, 0.3) is 11.5 Å². The number of aromatic amines is 1. The predicted molar refractivity (Wildman–Crippen MR) is 138 cm³/mol. The summed E-state index contributed by atoms with van der Waals surface area (Å²) < 4.78 is 28.9. The van der Waals surface area contributed by atoms with Gasteiger partial charge in [-0.3, -0.25) is 24.0 Å². The number of amides is 1. The highest BCUT2D eigenvalue weighted by Crippen LogP contribution is 2.39. The van der Waals surface area contributed by atoms with Crippen molar-refractivity contribution in [2.75, 3.05) is 13.1 Å². The molecule has 2 heterocycles. The summed E-state index contributed by atoms with van der Waals surface area (Å²) in [5.41, 5.74) is -0.797. The van der Waals surface area contributed by atoms with Crippen LogP contribution < -0.4 is 16.6 Å². The lowest BCUT2D eigenvalue weighted by Gasteiger charge is -2.36. The molecule has 1 saturated carbocycles. The van der Waals surface area contributed by atoms with Crippen LogP contribution in [0.4, 0.5) is 8.78 Å². The molecule has 7 nitrogen and oxygen atoms in total. The molecule has 2 fully saturated rings. The molecular formula is C26H26Cl2F2N4O3. The first-order valence-corrected chi connectivity index (χ1v) is 13.0. The lowest BCUT2D eigenvalue weighted by Crippen LogP contribution is -2.42. The molecule has 2 aromatic carbocycles. The molecule has 196 valence electrons. The van der Waals surface area contributed by atoms with Gasteiger partial charge >= 0.3 is 5.69 Å². The number of H-pyrrole nitrogens is 1. The summed E-state index contributed by atoms with van der Waals surface area (Å²) in [5, 5.41) is 2.96. The fraction of sp³-hybridized carbons (Fsp3) is 0.423. The molecule has 1 aliphatic heterocycles. The van der Waals surface area contributed by atoms with Crippen molar-refractivity contribution in [1.29, 1.82) is 0 Å². The van der Waals surface area contributed by atoms with E-state index in [0.29, 0.717) is 18.2 Å². The smallest absolute Gasteiger partial charge is 0.329 e. The normalized spacial score (nSPS) is 20.4. The second kappa shape index (κ2) is 10.2. The fourth-order valence-electron chi connectivity index (χ4n) is 5.34. The minimum absolute atomic E-state index is 0.0196. The standard InChI is InChI=1S/C26H26Cl2F2N4O3/c27-26(28)8-5-18(6-9-26)33-10-7-17(14-33)31-23(35)19-11-15(1-3-21(19)30)13-34-22-4-2-16(29)12-20(22)24(36)32-25(34)37/h1-4,11-12,17-18H,5-10,13-14H2,(H,31,35)(H,32,36,37). The highest BCUT2D eigenvalue weighted by atomic mass is 35.5. The van der Waals surface area contributed by atoms with Crippen molar-refractivity contribution in [1.82, 2.24) is 19.8 Å². The maximum Gasteiger partial charge on any atom is 0.329 e. The number of aromatic nitrogens is 2. The number of nitrogens with one attached hydrogen (secondary N) is 2. The van der Waals surface area contributed by atoms with Crippen LogP contribution >= 0.6 is 23.2 Å². The molecule has 5 rings (SSSR count). The van der Waals surface area contributed by atoms with E-state index in [1.165, 1.54) is 28.8 Å². The molecule has 1 aliphatic carbocycles. The molecule has 1 unspecified atom stereocenters. The van der Waals surface area contributed by atoms with Gasteiger partial charge in [0, 0.05) is 25.2 Å². The van der Waals surface area contributed by atoms with Crippen molar-refractivity contribution in [3.8, 4) is 0 Å². The van der Waals surface area contributed by atoms with Gasteiger partial charge < -0.3 is 5.32 Å². The molecular weight excluding hydrogens is 525 g/mol. The number of hydrogen-bond donors (Lipinski definition) is 2. The van der Waals surface area contributed by atoms with Crippen LogP contribution in [0.5, 0.6) is 0 Å². The van der Waals surface area contributed by atoms with Crippen LogP contribution in [-0.4, -0.2) is 49.9 Å². The van der Waals surface area contributed by atoms with E-state index in [9.17, 15) is 23.2 Å². The summed E-state index contributed by atoms with van der Waals surface area (Å²) in [6, 6.07) is 7.84. The molecule has 1 atom stereocenters. The van der Waals surface area contributed by atoms with Crippen LogP contribution in [0, 0.1) is 11.6 Å². The number of carbonyl (C=O) groups excluding carboxylic acids is 1. The van der Waals surface area contributed by atoms with E-state index < -0.39 is 33.1 Å². The predicted octanol–water partition coefficient (Wildman–Crippen LogP) is 3.94. The minimum atomic E-state index is -0.696. The number of fused-ring (bicyclic) bond motifs is 1. The zero-order valence-electron chi connectivity index (χ0n) is 19.9. The average Bonchev–Trinajstić information content (AvgIpc) is 3.31. The summed E-state index contributed by atoms with van der Waals surface area (Å²) in [6.45, 7) is 1.46. The summed E-state index contributed by atoms with van der Waals surface area (Å²) in [5.74, 6) is -1.81. The largest absolute Gasteiger partial charge is 0.348 e. The third-order valence-corrected chi connectivity index (χ3v) is 8.09. The van der Waals surface area contributed by atoms with E-state index in [-0.39, 0.29) is 29.1 Å². The summed E-state index contributed by atoms with van der Waals surface area (Å²) in [7, 11) is 0. The number of alkyl halides is 2. The number of rotatable bonds is 5. The van der Waals surface area contributed by atoms with Crippen molar-refractivity contribution in [3.63, 3.8) is 0 Å². The van der Waals surface area contributed by atoms with Crippen LogP contribution in [0.1, 0.15) is 48.0 Å². The van der Waals surface area contributed by atoms with Crippen LogP contribution in [0.2, 0.25) is 0 Å². The Kier molecular flexibility index (Phi) is 7.13. The SMILES string of the molecule is O=C(NC1CCN(C2CCC(Cl)(Cl)CC2)C1)c1cc(Cn2c(=O)[nH]c(=O)c3cc(F)ccc32)ccc1F. The Labute approximate surface area is 221 Å². The Morgan fingerprint density at radius 3 is 2.59 bits per heavy atom. The third kappa shape index (κ3) is 5.58.